The van der Waals surface area contributed by atoms with Crippen molar-refractivity contribution in [2.24, 2.45) is 4.40 Å². The molecule has 9 heteroatoms. The summed E-state index contributed by atoms with van der Waals surface area (Å²) in [6, 6.07) is 8.87. The van der Waals surface area contributed by atoms with Crippen LogP contribution in [0.25, 0.3) is 10.2 Å². The number of methoxy groups -OCH3 is 2. The molecule has 3 aromatic rings. The van der Waals surface area contributed by atoms with Crippen LogP contribution in [0.15, 0.2) is 44.3 Å². The molecule has 0 aliphatic heterocycles. The van der Waals surface area contributed by atoms with Gasteiger partial charge in [0.25, 0.3) is 10.0 Å². The SMILES string of the molecule is COCCn1/c(=N/S(=O)(=O)c2cccs2)sc2cc(OC)ccc21. The standard InChI is InChI=1S/C15H16N2O4S3/c1-20-8-7-17-12-6-5-11(21-2)10-13(12)23-15(17)16-24(18,19)14-4-3-9-22-14/h3-6,9-10H,7-8H2,1-2H3/b16-15-. The third-order valence-electron chi connectivity index (χ3n) is 3.36. The first-order valence-corrected chi connectivity index (χ1v) is 10.2. The van der Waals surface area contributed by atoms with Crippen LogP contribution in [0.5, 0.6) is 5.75 Å². The van der Waals surface area contributed by atoms with E-state index >= 15 is 0 Å². The van der Waals surface area contributed by atoms with Crippen molar-refractivity contribution in [3.05, 3.63) is 40.5 Å². The van der Waals surface area contributed by atoms with Crippen LogP contribution in [-0.2, 0) is 21.3 Å². The van der Waals surface area contributed by atoms with Gasteiger partial charge in [0.1, 0.15) is 9.96 Å². The third kappa shape index (κ3) is 3.39. The van der Waals surface area contributed by atoms with Crippen LogP contribution in [0.1, 0.15) is 0 Å². The Morgan fingerprint density at radius 2 is 2.08 bits per heavy atom. The molecule has 0 saturated heterocycles. The van der Waals surface area contributed by atoms with E-state index in [1.807, 2.05) is 22.8 Å². The van der Waals surface area contributed by atoms with Gasteiger partial charge in [-0.2, -0.15) is 8.42 Å². The predicted molar refractivity (Wildman–Crippen MR) is 95.3 cm³/mol. The van der Waals surface area contributed by atoms with Crippen molar-refractivity contribution in [2.45, 2.75) is 10.8 Å². The average molecular weight is 385 g/mol. The molecule has 0 spiro atoms. The maximum Gasteiger partial charge on any atom is 0.294 e. The van der Waals surface area contributed by atoms with Gasteiger partial charge in [0, 0.05) is 13.7 Å². The highest BCUT2D eigenvalue weighted by atomic mass is 32.2. The Labute approximate surface area is 147 Å². The summed E-state index contributed by atoms with van der Waals surface area (Å²) in [7, 11) is -0.514. The number of aromatic nitrogens is 1. The first-order chi connectivity index (χ1) is 11.5. The minimum Gasteiger partial charge on any atom is -0.497 e. The van der Waals surface area contributed by atoms with Crippen molar-refractivity contribution in [2.75, 3.05) is 20.8 Å². The summed E-state index contributed by atoms with van der Waals surface area (Å²) in [6.45, 7) is 0.978. The number of hydrogen-bond donors (Lipinski definition) is 0. The maximum absolute atomic E-state index is 12.5. The third-order valence-corrected chi connectivity index (χ3v) is 7.15. The van der Waals surface area contributed by atoms with Crippen molar-refractivity contribution >= 4 is 42.9 Å². The van der Waals surface area contributed by atoms with Gasteiger partial charge in [-0.1, -0.05) is 17.4 Å². The lowest BCUT2D eigenvalue weighted by Crippen LogP contribution is -2.19. The van der Waals surface area contributed by atoms with E-state index in [1.165, 1.54) is 11.3 Å². The molecule has 0 unspecified atom stereocenters. The number of ether oxygens (including phenoxy) is 2. The van der Waals surface area contributed by atoms with E-state index in [0.717, 1.165) is 27.3 Å². The summed E-state index contributed by atoms with van der Waals surface area (Å²) < 4.78 is 42.4. The van der Waals surface area contributed by atoms with Crippen LogP contribution in [0.4, 0.5) is 0 Å². The fraction of sp³-hybridized carbons (Fsp3) is 0.267. The minimum atomic E-state index is -3.72. The molecule has 24 heavy (non-hydrogen) atoms. The van der Waals surface area contributed by atoms with E-state index in [2.05, 4.69) is 4.40 Å². The molecular weight excluding hydrogens is 368 g/mol. The molecule has 128 valence electrons. The molecule has 6 nitrogen and oxygen atoms in total. The number of nitrogens with zero attached hydrogens (tertiary/aromatic N) is 2. The number of sulfonamides is 1. The lowest BCUT2D eigenvalue weighted by Gasteiger charge is -2.05. The van der Waals surface area contributed by atoms with Crippen molar-refractivity contribution < 1.29 is 17.9 Å². The molecule has 3 rings (SSSR count). The van der Waals surface area contributed by atoms with Crippen LogP contribution < -0.4 is 9.54 Å². The smallest absolute Gasteiger partial charge is 0.294 e. The second-order valence-electron chi connectivity index (χ2n) is 4.86. The molecule has 0 aliphatic carbocycles. The van der Waals surface area contributed by atoms with Crippen LogP contribution in [-0.4, -0.2) is 33.8 Å². The van der Waals surface area contributed by atoms with Crippen molar-refractivity contribution in [1.29, 1.82) is 0 Å². The van der Waals surface area contributed by atoms with Gasteiger partial charge in [-0.15, -0.1) is 15.7 Å². The molecule has 1 aromatic carbocycles. The highest BCUT2D eigenvalue weighted by molar-refractivity contribution is 7.92. The largest absolute Gasteiger partial charge is 0.497 e. The molecule has 0 radical (unpaired) electrons. The van der Waals surface area contributed by atoms with Gasteiger partial charge in [0.2, 0.25) is 4.80 Å². The van der Waals surface area contributed by atoms with E-state index in [-0.39, 0.29) is 4.21 Å². The summed E-state index contributed by atoms with van der Waals surface area (Å²) in [5, 5.41) is 1.72. The quantitative estimate of drug-likeness (QED) is 0.655. The zero-order valence-electron chi connectivity index (χ0n) is 13.1. The second kappa shape index (κ2) is 7.06. The summed E-state index contributed by atoms with van der Waals surface area (Å²) >= 11 is 2.47. The second-order valence-corrected chi connectivity index (χ2v) is 8.65. The zero-order chi connectivity index (χ0) is 17.2. The molecule has 2 heterocycles. The van der Waals surface area contributed by atoms with Gasteiger partial charge < -0.3 is 14.0 Å². The summed E-state index contributed by atoms with van der Waals surface area (Å²) in [5.74, 6) is 0.718. The Bertz CT molecular complexity index is 1000. The Kier molecular flexibility index (Phi) is 5.04. The summed E-state index contributed by atoms with van der Waals surface area (Å²) in [6.07, 6.45) is 0. The molecular formula is C15H16N2O4S3. The minimum absolute atomic E-state index is 0.232. The van der Waals surface area contributed by atoms with Crippen molar-refractivity contribution in [3.63, 3.8) is 0 Å². The fourth-order valence-corrected chi connectivity index (χ4v) is 5.46. The first kappa shape index (κ1) is 17.2. The van der Waals surface area contributed by atoms with Gasteiger partial charge in [-0.05, 0) is 29.6 Å². The van der Waals surface area contributed by atoms with E-state index in [9.17, 15) is 8.42 Å². The Morgan fingerprint density at radius 1 is 1.25 bits per heavy atom. The fourth-order valence-electron chi connectivity index (χ4n) is 2.21. The van der Waals surface area contributed by atoms with Gasteiger partial charge in [-0.3, -0.25) is 0 Å². The normalized spacial score (nSPS) is 12.8. The van der Waals surface area contributed by atoms with Crippen molar-refractivity contribution in [3.8, 4) is 5.75 Å². The van der Waals surface area contributed by atoms with Gasteiger partial charge in [-0.25, -0.2) is 0 Å². The van der Waals surface area contributed by atoms with E-state index in [4.69, 9.17) is 9.47 Å². The molecule has 2 aromatic heterocycles. The Morgan fingerprint density at radius 3 is 2.75 bits per heavy atom. The van der Waals surface area contributed by atoms with E-state index in [0.29, 0.717) is 18.0 Å². The van der Waals surface area contributed by atoms with Gasteiger partial charge >= 0.3 is 0 Å². The maximum atomic E-state index is 12.5. The van der Waals surface area contributed by atoms with Crippen LogP contribution in [0, 0.1) is 0 Å². The molecule has 0 aliphatic rings. The highest BCUT2D eigenvalue weighted by Gasteiger charge is 2.16. The lowest BCUT2D eigenvalue weighted by molar-refractivity contribution is 0.187. The number of hydrogen-bond acceptors (Lipinski definition) is 6. The number of fused-ring (bicyclic) bond motifs is 1. The van der Waals surface area contributed by atoms with Crippen LogP contribution >= 0.6 is 22.7 Å². The number of rotatable bonds is 6. The van der Waals surface area contributed by atoms with Crippen LogP contribution in [0.2, 0.25) is 0 Å². The Balaban J connectivity index is 2.20. The molecule has 0 saturated carbocycles. The van der Waals surface area contributed by atoms with E-state index < -0.39 is 10.0 Å². The van der Waals surface area contributed by atoms with Gasteiger partial charge in [0.15, 0.2) is 0 Å². The molecule has 0 fully saturated rings. The highest BCUT2D eigenvalue weighted by Crippen LogP contribution is 2.24. The number of thiophene rings is 1. The lowest BCUT2D eigenvalue weighted by atomic mass is 10.3. The molecule has 0 atom stereocenters. The average Bonchev–Trinajstić information content (AvgIpc) is 3.20. The molecule has 0 amide bonds. The molecule has 0 bridgehead atoms. The van der Waals surface area contributed by atoms with Crippen LogP contribution in [0.3, 0.4) is 0 Å². The molecule has 0 N–H and O–H groups in total. The zero-order valence-corrected chi connectivity index (χ0v) is 15.6. The van der Waals surface area contributed by atoms with Crippen molar-refractivity contribution in [1.82, 2.24) is 4.57 Å². The summed E-state index contributed by atoms with van der Waals surface area (Å²) in [5.41, 5.74) is 0.901. The monoisotopic (exact) mass is 384 g/mol. The summed E-state index contributed by atoms with van der Waals surface area (Å²) in [4.78, 5) is 0.420. The number of benzene rings is 1. The Hall–Kier alpha value is -1.68. The first-order valence-electron chi connectivity index (χ1n) is 7.06. The van der Waals surface area contributed by atoms with E-state index in [1.54, 1.807) is 31.7 Å². The predicted octanol–water partition coefficient (Wildman–Crippen LogP) is 2.71. The topological polar surface area (TPSA) is 69.9 Å². The number of thiazole rings is 1. The van der Waals surface area contributed by atoms with Gasteiger partial charge in [0.05, 0.1) is 23.9 Å².